The number of ether oxygens (including phenoxy) is 1. The lowest BCUT2D eigenvalue weighted by Gasteiger charge is -2.60. The van der Waals surface area contributed by atoms with E-state index in [4.69, 9.17) is 16.3 Å². The second kappa shape index (κ2) is 8.44. The van der Waals surface area contributed by atoms with Gasteiger partial charge >= 0.3 is 6.18 Å². The average Bonchev–Trinajstić information content (AvgIpc) is 3.12. The van der Waals surface area contributed by atoms with E-state index in [1.165, 1.54) is 38.1 Å². The Morgan fingerprint density at radius 3 is 2.39 bits per heavy atom. The lowest BCUT2D eigenvalue weighted by Crippen LogP contribution is -2.73. The Morgan fingerprint density at radius 1 is 1.00 bits per heavy atom. The summed E-state index contributed by atoms with van der Waals surface area (Å²) >= 11 is 6.25. The fourth-order valence-corrected chi connectivity index (χ4v) is 5.78. The summed E-state index contributed by atoms with van der Waals surface area (Å²) in [7, 11) is 1.49. The highest BCUT2D eigenvalue weighted by Crippen LogP contribution is 2.46. The minimum atomic E-state index is -4.44. The largest absolute Gasteiger partial charge is 0.493 e. The van der Waals surface area contributed by atoms with E-state index in [9.17, 15) is 17.6 Å². The van der Waals surface area contributed by atoms with Crippen molar-refractivity contribution in [2.24, 2.45) is 5.41 Å². The molecule has 13 heteroatoms. The van der Waals surface area contributed by atoms with Crippen molar-refractivity contribution in [1.29, 1.82) is 0 Å². The maximum atomic E-state index is 14.0. The van der Waals surface area contributed by atoms with Crippen LogP contribution in [0.1, 0.15) is 25.2 Å². The van der Waals surface area contributed by atoms with Gasteiger partial charge in [0.05, 0.1) is 25.5 Å². The Morgan fingerprint density at radius 2 is 1.71 bits per heavy atom. The molecule has 202 valence electrons. The standard InChI is InChI=1S/C25H26ClF4N7O/c1-23(2,25(28,29)30)36-9-15-6-16(26)4-5-18(15)37-20(10-36)32-33-22(37)35-13-24(14-35)11-34(12-24)21-19(38-3)7-17(27)8-31-21/h4-8H,9-14H2,1-3H3. The molecule has 0 amide bonds. The van der Waals surface area contributed by atoms with Crippen molar-refractivity contribution in [2.45, 2.75) is 38.7 Å². The van der Waals surface area contributed by atoms with Gasteiger partial charge in [-0.3, -0.25) is 9.47 Å². The van der Waals surface area contributed by atoms with Crippen LogP contribution in [-0.2, 0) is 13.1 Å². The van der Waals surface area contributed by atoms with E-state index in [-0.39, 0.29) is 18.5 Å². The van der Waals surface area contributed by atoms with E-state index in [0.29, 0.717) is 47.0 Å². The zero-order valence-electron chi connectivity index (χ0n) is 21.1. The van der Waals surface area contributed by atoms with Gasteiger partial charge in [-0.25, -0.2) is 9.37 Å². The van der Waals surface area contributed by atoms with Crippen LogP contribution < -0.4 is 14.5 Å². The maximum Gasteiger partial charge on any atom is 0.406 e. The van der Waals surface area contributed by atoms with E-state index in [1.54, 1.807) is 12.1 Å². The molecule has 2 saturated heterocycles. The molecule has 0 saturated carbocycles. The summed E-state index contributed by atoms with van der Waals surface area (Å²) in [6, 6.07) is 6.56. The fourth-order valence-electron chi connectivity index (χ4n) is 5.59. The highest BCUT2D eigenvalue weighted by Gasteiger charge is 2.55. The van der Waals surface area contributed by atoms with Gasteiger partial charge in [0.15, 0.2) is 17.4 Å². The number of methoxy groups -OCH3 is 1. The van der Waals surface area contributed by atoms with Crippen LogP contribution in [0, 0.1) is 11.2 Å². The summed E-state index contributed by atoms with van der Waals surface area (Å²) in [5.74, 6) is 1.57. The summed E-state index contributed by atoms with van der Waals surface area (Å²) < 4.78 is 62.6. The van der Waals surface area contributed by atoms with Gasteiger partial charge in [0, 0.05) is 49.2 Å². The molecule has 2 aromatic heterocycles. The maximum absolute atomic E-state index is 14.0. The molecule has 3 aliphatic rings. The Bertz CT molecular complexity index is 1390. The Balaban J connectivity index is 1.26. The zero-order valence-corrected chi connectivity index (χ0v) is 21.8. The van der Waals surface area contributed by atoms with Gasteiger partial charge in [-0.2, -0.15) is 13.2 Å². The predicted molar refractivity (Wildman–Crippen MR) is 133 cm³/mol. The number of hydrogen-bond acceptors (Lipinski definition) is 7. The molecule has 0 bridgehead atoms. The molecular formula is C25H26ClF4N7O. The number of hydrogen-bond donors (Lipinski definition) is 0. The van der Waals surface area contributed by atoms with Gasteiger partial charge in [-0.15, -0.1) is 10.2 Å². The topological polar surface area (TPSA) is 62.6 Å². The Kier molecular flexibility index (Phi) is 5.59. The smallest absolute Gasteiger partial charge is 0.406 e. The summed E-state index contributed by atoms with van der Waals surface area (Å²) in [4.78, 5) is 9.70. The average molecular weight is 552 g/mol. The third-order valence-electron chi connectivity index (χ3n) is 7.88. The van der Waals surface area contributed by atoms with Crippen LogP contribution in [0.3, 0.4) is 0 Å². The van der Waals surface area contributed by atoms with Crippen LogP contribution in [-0.4, -0.2) is 69.7 Å². The van der Waals surface area contributed by atoms with Crippen molar-refractivity contribution < 1.29 is 22.3 Å². The van der Waals surface area contributed by atoms with Crippen LogP contribution in [0.2, 0.25) is 5.02 Å². The molecule has 1 spiro atoms. The van der Waals surface area contributed by atoms with Crippen molar-refractivity contribution in [2.75, 3.05) is 43.1 Å². The van der Waals surface area contributed by atoms with Gasteiger partial charge < -0.3 is 14.5 Å². The molecule has 38 heavy (non-hydrogen) atoms. The second-order valence-corrected chi connectivity index (χ2v) is 11.3. The molecule has 0 unspecified atom stereocenters. The zero-order chi connectivity index (χ0) is 27.0. The van der Waals surface area contributed by atoms with Gasteiger partial charge in [-0.1, -0.05) is 11.6 Å². The molecule has 0 radical (unpaired) electrons. The quantitative estimate of drug-likeness (QED) is 0.444. The van der Waals surface area contributed by atoms with Crippen LogP contribution >= 0.6 is 11.6 Å². The minimum absolute atomic E-state index is 0.00529. The first-order chi connectivity index (χ1) is 17.9. The third kappa shape index (κ3) is 3.87. The van der Waals surface area contributed by atoms with Gasteiger partial charge in [0.2, 0.25) is 5.95 Å². The van der Waals surface area contributed by atoms with Crippen molar-refractivity contribution in [3.05, 3.63) is 52.7 Å². The molecule has 0 N–H and O–H groups in total. The molecule has 2 fully saturated rings. The van der Waals surface area contributed by atoms with E-state index in [0.717, 1.165) is 18.8 Å². The lowest BCUT2D eigenvalue weighted by atomic mass is 9.73. The molecule has 6 rings (SSSR count). The van der Waals surface area contributed by atoms with Crippen LogP contribution in [0.4, 0.5) is 29.3 Å². The van der Waals surface area contributed by atoms with Crippen LogP contribution in [0.15, 0.2) is 30.5 Å². The lowest BCUT2D eigenvalue weighted by molar-refractivity contribution is -0.224. The van der Waals surface area contributed by atoms with Crippen LogP contribution in [0.5, 0.6) is 5.75 Å². The van der Waals surface area contributed by atoms with Crippen LogP contribution in [0.25, 0.3) is 5.69 Å². The van der Waals surface area contributed by atoms with Crippen molar-refractivity contribution >= 4 is 23.4 Å². The summed E-state index contributed by atoms with van der Waals surface area (Å²) in [5.41, 5.74) is -0.680. The molecule has 0 atom stereocenters. The van der Waals surface area contributed by atoms with Gasteiger partial charge in [0.1, 0.15) is 11.4 Å². The molecular weight excluding hydrogens is 526 g/mol. The van der Waals surface area contributed by atoms with E-state index < -0.39 is 17.5 Å². The first-order valence-corrected chi connectivity index (χ1v) is 12.5. The number of rotatable bonds is 4. The van der Waals surface area contributed by atoms with Crippen molar-refractivity contribution in [3.63, 3.8) is 0 Å². The number of anilines is 2. The Hall–Kier alpha value is -3.12. The van der Waals surface area contributed by atoms with Crippen molar-refractivity contribution in [3.8, 4) is 11.4 Å². The number of fused-ring (bicyclic) bond motifs is 3. The third-order valence-corrected chi connectivity index (χ3v) is 8.12. The summed E-state index contributed by atoms with van der Waals surface area (Å²) in [6.45, 7) is 5.24. The number of nitrogens with zero attached hydrogens (tertiary/aromatic N) is 7. The second-order valence-electron chi connectivity index (χ2n) is 10.8. The number of alkyl halides is 3. The van der Waals surface area contributed by atoms with E-state index >= 15 is 0 Å². The summed E-state index contributed by atoms with van der Waals surface area (Å²) in [6.07, 6.45) is -3.26. The molecule has 3 aromatic rings. The molecule has 5 heterocycles. The van der Waals surface area contributed by atoms with E-state index in [2.05, 4.69) is 20.1 Å². The number of benzene rings is 1. The SMILES string of the molecule is COc1cc(F)cnc1N1CC2(C1)CN(c1nnc3n1-c1ccc(Cl)cc1CN(C(C)(C)C(F)(F)F)C3)C2. The fraction of sp³-hybridized carbons (Fsp3) is 0.480. The first kappa shape index (κ1) is 25.2. The molecule has 8 nitrogen and oxygen atoms in total. The van der Waals surface area contributed by atoms with Gasteiger partial charge in [-0.05, 0) is 37.6 Å². The first-order valence-electron chi connectivity index (χ1n) is 12.2. The number of pyridine rings is 1. The number of aromatic nitrogens is 4. The molecule has 3 aliphatic heterocycles. The molecule has 0 aliphatic carbocycles. The molecule has 1 aromatic carbocycles. The highest BCUT2D eigenvalue weighted by molar-refractivity contribution is 6.30. The van der Waals surface area contributed by atoms with Gasteiger partial charge in [0.25, 0.3) is 0 Å². The van der Waals surface area contributed by atoms with Crippen molar-refractivity contribution in [1.82, 2.24) is 24.6 Å². The number of halogens is 5. The normalized spacial score (nSPS) is 18.9. The van der Waals surface area contributed by atoms with E-state index in [1.807, 2.05) is 15.5 Å². The highest BCUT2D eigenvalue weighted by atomic mass is 35.5. The predicted octanol–water partition coefficient (Wildman–Crippen LogP) is 4.45. The monoisotopic (exact) mass is 551 g/mol. The Labute approximate surface area is 221 Å². The minimum Gasteiger partial charge on any atom is -0.493 e. The summed E-state index contributed by atoms with van der Waals surface area (Å²) in [5, 5.41) is 9.19.